The normalized spacial score (nSPS) is 18.6. The monoisotopic (exact) mass is 265 g/mol. The molecular weight excluding hydrogens is 250 g/mol. The molecule has 2 N–H and O–H groups in total. The van der Waals surface area contributed by atoms with Gasteiger partial charge in [0.05, 0.1) is 0 Å². The van der Waals surface area contributed by atoms with E-state index in [0.717, 1.165) is 11.6 Å². The van der Waals surface area contributed by atoms with E-state index in [1.165, 1.54) is 0 Å². The lowest BCUT2D eigenvalue weighted by atomic mass is 10.3. The summed E-state index contributed by atoms with van der Waals surface area (Å²) in [6.07, 6.45) is -0.0987. The summed E-state index contributed by atoms with van der Waals surface area (Å²) in [7, 11) is 3.87. The molecule has 1 aromatic carbocycles. The molecule has 96 valence electrons. The molecule has 18 heavy (non-hydrogen) atoms. The molecule has 5 nitrogen and oxygen atoms in total. The van der Waals surface area contributed by atoms with Crippen LogP contribution in [0.5, 0.6) is 0 Å². The molecule has 1 aromatic rings. The predicted octanol–water partition coefficient (Wildman–Crippen LogP) is 1.97. The first-order chi connectivity index (χ1) is 8.54. The second-order valence-corrected chi connectivity index (χ2v) is 4.65. The Hall–Kier alpha value is -1.75. The van der Waals surface area contributed by atoms with Gasteiger partial charge < -0.3 is 10.2 Å². The lowest BCUT2D eigenvalue weighted by Crippen LogP contribution is -2.46. The second-order valence-electron chi connectivity index (χ2n) is 4.21. The van der Waals surface area contributed by atoms with Crippen molar-refractivity contribution in [2.75, 3.05) is 19.4 Å². The maximum absolute atomic E-state index is 5.84. The van der Waals surface area contributed by atoms with Crippen molar-refractivity contribution in [3.8, 4) is 0 Å². The smallest absolute Gasteiger partial charge is 0.204 e. The van der Waals surface area contributed by atoms with E-state index in [1.807, 2.05) is 50.2 Å². The van der Waals surface area contributed by atoms with Gasteiger partial charge in [0.2, 0.25) is 11.9 Å². The van der Waals surface area contributed by atoms with E-state index >= 15 is 0 Å². The Morgan fingerprint density at radius 3 is 2.50 bits per heavy atom. The van der Waals surface area contributed by atoms with Crippen LogP contribution in [0.15, 0.2) is 34.3 Å². The van der Waals surface area contributed by atoms with E-state index in [4.69, 9.17) is 11.6 Å². The number of halogens is 1. The van der Waals surface area contributed by atoms with Gasteiger partial charge in [-0.05, 0) is 31.2 Å². The summed E-state index contributed by atoms with van der Waals surface area (Å²) in [5.41, 5.74) is 0.929. The quantitative estimate of drug-likeness (QED) is 0.816. The highest BCUT2D eigenvalue weighted by Crippen LogP contribution is 2.13. The predicted molar refractivity (Wildman–Crippen MR) is 76.2 cm³/mol. The topological polar surface area (TPSA) is 52.0 Å². The zero-order chi connectivity index (χ0) is 13.1. The first-order valence-corrected chi connectivity index (χ1v) is 6.05. The third kappa shape index (κ3) is 3.13. The SMILES string of the molecule is CC1N=C(Nc2ccc(Cl)cc2)NC(N(C)C)=N1. The maximum atomic E-state index is 5.84. The Balaban J connectivity index is 2.08. The summed E-state index contributed by atoms with van der Waals surface area (Å²) in [4.78, 5) is 10.7. The van der Waals surface area contributed by atoms with E-state index in [2.05, 4.69) is 20.6 Å². The van der Waals surface area contributed by atoms with Crippen molar-refractivity contribution in [3.05, 3.63) is 29.3 Å². The molecule has 1 heterocycles. The number of nitrogens with one attached hydrogen (secondary N) is 2. The molecule has 1 aliphatic rings. The average Bonchev–Trinajstić information content (AvgIpc) is 2.31. The first kappa shape index (κ1) is 12.7. The lowest BCUT2D eigenvalue weighted by molar-refractivity contribution is 0.582. The lowest BCUT2D eigenvalue weighted by Gasteiger charge is -2.24. The van der Waals surface area contributed by atoms with Crippen LogP contribution >= 0.6 is 11.6 Å². The summed E-state index contributed by atoms with van der Waals surface area (Å²) in [5.74, 6) is 1.47. The van der Waals surface area contributed by atoms with Crippen LogP contribution in [0.1, 0.15) is 6.92 Å². The zero-order valence-corrected chi connectivity index (χ0v) is 11.4. The van der Waals surface area contributed by atoms with Gasteiger partial charge in [0.25, 0.3) is 0 Å². The number of anilines is 1. The van der Waals surface area contributed by atoms with Gasteiger partial charge in [0, 0.05) is 24.8 Å². The van der Waals surface area contributed by atoms with Crippen LogP contribution < -0.4 is 10.6 Å². The average molecular weight is 266 g/mol. The number of aliphatic imine (C=N–C) groups is 2. The Bertz CT molecular complexity index is 478. The number of guanidine groups is 2. The van der Waals surface area contributed by atoms with Gasteiger partial charge >= 0.3 is 0 Å². The summed E-state index contributed by atoms with van der Waals surface area (Å²) >= 11 is 5.84. The van der Waals surface area contributed by atoms with Crippen molar-refractivity contribution in [2.24, 2.45) is 9.98 Å². The number of rotatable bonds is 1. The van der Waals surface area contributed by atoms with Crippen LogP contribution in [0.25, 0.3) is 0 Å². The maximum Gasteiger partial charge on any atom is 0.204 e. The van der Waals surface area contributed by atoms with Crippen molar-refractivity contribution in [1.82, 2.24) is 10.2 Å². The van der Waals surface area contributed by atoms with Crippen molar-refractivity contribution in [2.45, 2.75) is 13.1 Å². The highest BCUT2D eigenvalue weighted by molar-refractivity contribution is 6.30. The number of nitrogens with zero attached hydrogens (tertiary/aromatic N) is 3. The molecule has 6 heteroatoms. The van der Waals surface area contributed by atoms with Crippen LogP contribution in [0.4, 0.5) is 5.69 Å². The molecule has 2 rings (SSSR count). The van der Waals surface area contributed by atoms with E-state index in [0.29, 0.717) is 11.0 Å². The van der Waals surface area contributed by atoms with Crippen LogP contribution in [0, 0.1) is 0 Å². The molecule has 0 saturated carbocycles. The molecule has 0 amide bonds. The third-order valence-corrected chi connectivity index (χ3v) is 2.64. The molecule has 0 aromatic heterocycles. The Morgan fingerprint density at radius 2 is 1.89 bits per heavy atom. The number of benzene rings is 1. The molecule has 0 aliphatic carbocycles. The Kier molecular flexibility index (Phi) is 3.72. The van der Waals surface area contributed by atoms with Crippen LogP contribution in [0.2, 0.25) is 5.02 Å². The summed E-state index contributed by atoms with van der Waals surface area (Å²) < 4.78 is 0. The molecule has 0 bridgehead atoms. The highest BCUT2D eigenvalue weighted by Gasteiger charge is 2.14. The van der Waals surface area contributed by atoms with E-state index in [9.17, 15) is 0 Å². The van der Waals surface area contributed by atoms with Crippen molar-refractivity contribution in [1.29, 1.82) is 0 Å². The van der Waals surface area contributed by atoms with Gasteiger partial charge in [-0.15, -0.1) is 0 Å². The molecule has 1 unspecified atom stereocenters. The van der Waals surface area contributed by atoms with Gasteiger partial charge in [-0.1, -0.05) is 11.6 Å². The van der Waals surface area contributed by atoms with Crippen molar-refractivity contribution in [3.63, 3.8) is 0 Å². The number of hydrogen-bond donors (Lipinski definition) is 2. The fraction of sp³-hybridized carbons (Fsp3) is 0.333. The first-order valence-electron chi connectivity index (χ1n) is 5.67. The Morgan fingerprint density at radius 1 is 1.22 bits per heavy atom. The largest absolute Gasteiger partial charge is 0.349 e. The zero-order valence-electron chi connectivity index (χ0n) is 10.6. The van der Waals surface area contributed by atoms with E-state index in [-0.39, 0.29) is 6.17 Å². The van der Waals surface area contributed by atoms with Gasteiger partial charge in [0.1, 0.15) is 6.17 Å². The van der Waals surface area contributed by atoms with Crippen LogP contribution in [0.3, 0.4) is 0 Å². The Labute approximate surface area is 112 Å². The van der Waals surface area contributed by atoms with E-state index in [1.54, 1.807) is 0 Å². The molecule has 1 aliphatic heterocycles. The van der Waals surface area contributed by atoms with Crippen molar-refractivity contribution < 1.29 is 0 Å². The fourth-order valence-corrected chi connectivity index (χ4v) is 1.65. The van der Waals surface area contributed by atoms with E-state index < -0.39 is 0 Å². The molecule has 0 spiro atoms. The number of hydrogen-bond acceptors (Lipinski definition) is 5. The molecule has 0 fully saturated rings. The van der Waals surface area contributed by atoms with Crippen molar-refractivity contribution >= 4 is 29.2 Å². The minimum absolute atomic E-state index is 0.0987. The standard InChI is InChI=1S/C12H16ClN5/c1-8-14-11(17-12(15-8)18(2)3)16-10-6-4-9(13)5-7-10/h4-8H,1-3H3,(H2,14,15,16,17). The third-order valence-electron chi connectivity index (χ3n) is 2.39. The summed E-state index contributed by atoms with van der Waals surface area (Å²) in [5, 5.41) is 7.04. The van der Waals surface area contributed by atoms with Gasteiger partial charge in [0.15, 0.2) is 0 Å². The van der Waals surface area contributed by atoms with Crippen LogP contribution in [-0.2, 0) is 0 Å². The summed E-state index contributed by atoms with van der Waals surface area (Å²) in [6, 6.07) is 7.46. The van der Waals surface area contributed by atoms with Gasteiger partial charge in [-0.2, -0.15) is 0 Å². The second kappa shape index (κ2) is 5.27. The molecule has 1 atom stereocenters. The minimum Gasteiger partial charge on any atom is -0.349 e. The minimum atomic E-state index is -0.0987. The van der Waals surface area contributed by atoms with Crippen LogP contribution in [-0.4, -0.2) is 37.1 Å². The van der Waals surface area contributed by atoms with Gasteiger partial charge in [-0.3, -0.25) is 5.32 Å². The molecule has 0 saturated heterocycles. The highest BCUT2D eigenvalue weighted by atomic mass is 35.5. The molecular formula is C12H16ClN5. The summed E-state index contributed by atoms with van der Waals surface area (Å²) in [6.45, 7) is 1.94. The fourth-order valence-electron chi connectivity index (χ4n) is 1.52. The molecule has 0 radical (unpaired) electrons. The van der Waals surface area contributed by atoms with Gasteiger partial charge in [-0.25, -0.2) is 9.98 Å².